The van der Waals surface area contributed by atoms with Gasteiger partial charge in [-0.1, -0.05) is 0 Å². The fourth-order valence-electron chi connectivity index (χ4n) is 0.953. The van der Waals surface area contributed by atoms with Gasteiger partial charge in [0.25, 0.3) is 0 Å². The van der Waals surface area contributed by atoms with Gasteiger partial charge in [0.15, 0.2) is 0 Å². The molecule has 0 saturated carbocycles. The van der Waals surface area contributed by atoms with Crippen LogP contribution in [-0.2, 0) is 0 Å². The fourth-order valence-corrected chi connectivity index (χ4v) is 1.55. The smallest absolute Gasteiger partial charge is 0.0715 e. The van der Waals surface area contributed by atoms with Gasteiger partial charge in [-0.3, -0.25) is 0 Å². The average Bonchev–Trinajstić information content (AvgIpc) is 2.50. The standard InChI is InChI=1S/C9H16N2OS/c1-7(8-4-5-13-11-8)10-6-9(2,3)12/h4-5,7,10,12H,6H2,1-3H3. The van der Waals surface area contributed by atoms with E-state index in [0.717, 1.165) is 5.69 Å². The van der Waals surface area contributed by atoms with E-state index in [0.29, 0.717) is 6.54 Å². The van der Waals surface area contributed by atoms with Gasteiger partial charge >= 0.3 is 0 Å². The molecule has 0 aromatic carbocycles. The maximum absolute atomic E-state index is 9.48. The second-order valence-corrected chi connectivity index (χ2v) is 4.50. The predicted octanol–water partition coefficient (Wildman–Crippen LogP) is 1.56. The average molecular weight is 200 g/mol. The van der Waals surface area contributed by atoms with Gasteiger partial charge in [0.2, 0.25) is 0 Å². The molecule has 1 unspecified atom stereocenters. The zero-order valence-electron chi connectivity index (χ0n) is 8.24. The largest absolute Gasteiger partial charge is 0.389 e. The number of rotatable bonds is 4. The minimum Gasteiger partial charge on any atom is -0.389 e. The highest BCUT2D eigenvalue weighted by Crippen LogP contribution is 2.12. The lowest BCUT2D eigenvalue weighted by atomic mass is 10.1. The Morgan fingerprint density at radius 1 is 1.69 bits per heavy atom. The van der Waals surface area contributed by atoms with Gasteiger partial charge in [-0.25, -0.2) is 0 Å². The molecule has 1 rings (SSSR count). The fraction of sp³-hybridized carbons (Fsp3) is 0.667. The minimum absolute atomic E-state index is 0.206. The highest BCUT2D eigenvalue weighted by Gasteiger charge is 2.14. The highest BCUT2D eigenvalue weighted by molar-refractivity contribution is 7.03. The first-order chi connectivity index (χ1) is 5.99. The SMILES string of the molecule is CC(NCC(C)(C)O)c1ccsn1. The van der Waals surface area contributed by atoms with Crippen molar-refractivity contribution in [3.63, 3.8) is 0 Å². The summed E-state index contributed by atoms with van der Waals surface area (Å²) in [5, 5.41) is 14.7. The third kappa shape index (κ3) is 3.85. The predicted molar refractivity (Wildman–Crippen MR) is 54.8 cm³/mol. The second-order valence-electron chi connectivity index (χ2n) is 3.84. The van der Waals surface area contributed by atoms with Crippen LogP contribution in [0.1, 0.15) is 32.5 Å². The maximum atomic E-state index is 9.48. The Morgan fingerprint density at radius 2 is 2.38 bits per heavy atom. The van der Waals surface area contributed by atoms with Crippen molar-refractivity contribution >= 4 is 11.5 Å². The second kappa shape index (κ2) is 4.17. The van der Waals surface area contributed by atoms with Crippen molar-refractivity contribution in [2.45, 2.75) is 32.4 Å². The maximum Gasteiger partial charge on any atom is 0.0715 e. The normalized spacial score (nSPS) is 14.5. The summed E-state index contributed by atoms with van der Waals surface area (Å²) >= 11 is 1.45. The zero-order valence-corrected chi connectivity index (χ0v) is 9.06. The van der Waals surface area contributed by atoms with Crippen molar-refractivity contribution < 1.29 is 5.11 Å². The molecule has 74 valence electrons. The van der Waals surface area contributed by atoms with Crippen LogP contribution in [0.15, 0.2) is 11.4 Å². The van der Waals surface area contributed by atoms with Crippen LogP contribution < -0.4 is 5.32 Å². The molecule has 0 amide bonds. The molecule has 0 spiro atoms. The zero-order chi connectivity index (χ0) is 9.90. The first-order valence-electron chi connectivity index (χ1n) is 4.35. The van der Waals surface area contributed by atoms with Crippen LogP contribution in [0.3, 0.4) is 0 Å². The summed E-state index contributed by atoms with van der Waals surface area (Å²) in [5.41, 5.74) is 0.374. The molecular weight excluding hydrogens is 184 g/mol. The molecule has 4 heteroatoms. The molecule has 1 aromatic heterocycles. The molecule has 1 heterocycles. The molecule has 3 nitrogen and oxygen atoms in total. The summed E-state index contributed by atoms with van der Waals surface area (Å²) in [6.07, 6.45) is 0. The summed E-state index contributed by atoms with van der Waals surface area (Å²) in [7, 11) is 0. The van der Waals surface area contributed by atoms with E-state index in [2.05, 4.69) is 9.69 Å². The van der Waals surface area contributed by atoms with Crippen molar-refractivity contribution in [3.05, 3.63) is 17.1 Å². The lowest BCUT2D eigenvalue weighted by Gasteiger charge is -2.20. The summed E-state index contributed by atoms with van der Waals surface area (Å²) < 4.78 is 4.21. The van der Waals surface area contributed by atoms with E-state index in [1.165, 1.54) is 11.5 Å². The van der Waals surface area contributed by atoms with E-state index in [1.54, 1.807) is 13.8 Å². The van der Waals surface area contributed by atoms with E-state index < -0.39 is 5.60 Å². The van der Waals surface area contributed by atoms with Crippen molar-refractivity contribution in [2.75, 3.05) is 6.54 Å². The van der Waals surface area contributed by atoms with E-state index in [1.807, 2.05) is 18.4 Å². The van der Waals surface area contributed by atoms with Gasteiger partial charge in [-0.15, -0.1) is 0 Å². The highest BCUT2D eigenvalue weighted by atomic mass is 32.1. The molecular formula is C9H16N2OS. The quantitative estimate of drug-likeness (QED) is 0.775. The van der Waals surface area contributed by atoms with Crippen molar-refractivity contribution in [2.24, 2.45) is 0 Å². The number of nitrogens with zero attached hydrogens (tertiary/aromatic N) is 1. The molecule has 0 saturated heterocycles. The number of hydrogen-bond acceptors (Lipinski definition) is 4. The minimum atomic E-state index is -0.662. The van der Waals surface area contributed by atoms with Gasteiger partial charge < -0.3 is 10.4 Å². The molecule has 0 aliphatic heterocycles. The Bertz CT molecular complexity index is 241. The Hall–Kier alpha value is -0.450. The van der Waals surface area contributed by atoms with Crippen molar-refractivity contribution in [1.82, 2.24) is 9.69 Å². The van der Waals surface area contributed by atoms with Crippen LogP contribution in [0.5, 0.6) is 0 Å². The van der Waals surface area contributed by atoms with Gasteiger partial charge in [0.1, 0.15) is 0 Å². The Balaban J connectivity index is 2.39. The monoisotopic (exact) mass is 200 g/mol. The molecule has 0 fully saturated rings. The Kier molecular flexibility index (Phi) is 3.41. The van der Waals surface area contributed by atoms with Gasteiger partial charge in [-0.05, 0) is 38.4 Å². The van der Waals surface area contributed by atoms with Crippen LogP contribution in [0, 0.1) is 0 Å². The van der Waals surface area contributed by atoms with E-state index in [4.69, 9.17) is 0 Å². The lowest BCUT2D eigenvalue weighted by Crippen LogP contribution is -2.36. The van der Waals surface area contributed by atoms with Crippen molar-refractivity contribution in [3.8, 4) is 0 Å². The Labute approximate surface area is 83.0 Å². The van der Waals surface area contributed by atoms with Crippen molar-refractivity contribution in [1.29, 1.82) is 0 Å². The molecule has 1 atom stereocenters. The van der Waals surface area contributed by atoms with E-state index in [9.17, 15) is 5.11 Å². The van der Waals surface area contributed by atoms with E-state index >= 15 is 0 Å². The van der Waals surface area contributed by atoms with Crippen LogP contribution in [0.4, 0.5) is 0 Å². The summed E-state index contributed by atoms with van der Waals surface area (Å²) in [4.78, 5) is 0. The number of hydrogen-bond donors (Lipinski definition) is 2. The third-order valence-corrected chi connectivity index (χ3v) is 2.32. The molecule has 2 N–H and O–H groups in total. The number of aliphatic hydroxyl groups is 1. The summed E-state index contributed by atoms with van der Waals surface area (Å²) in [6.45, 7) is 6.19. The summed E-state index contributed by atoms with van der Waals surface area (Å²) in [5.74, 6) is 0. The number of aromatic nitrogens is 1. The third-order valence-electron chi connectivity index (χ3n) is 1.74. The molecule has 0 radical (unpaired) electrons. The molecule has 13 heavy (non-hydrogen) atoms. The van der Waals surface area contributed by atoms with E-state index in [-0.39, 0.29) is 6.04 Å². The first kappa shape index (κ1) is 10.6. The van der Waals surface area contributed by atoms with Crippen LogP contribution in [-0.4, -0.2) is 21.6 Å². The van der Waals surface area contributed by atoms with Crippen LogP contribution >= 0.6 is 11.5 Å². The van der Waals surface area contributed by atoms with Gasteiger partial charge in [-0.2, -0.15) is 4.37 Å². The molecule has 1 aromatic rings. The molecule has 0 aliphatic carbocycles. The van der Waals surface area contributed by atoms with Crippen LogP contribution in [0.25, 0.3) is 0 Å². The molecule has 0 aliphatic rings. The topological polar surface area (TPSA) is 45.1 Å². The van der Waals surface area contributed by atoms with Crippen LogP contribution in [0.2, 0.25) is 0 Å². The molecule has 0 bridgehead atoms. The van der Waals surface area contributed by atoms with Gasteiger partial charge in [0.05, 0.1) is 11.3 Å². The van der Waals surface area contributed by atoms with Gasteiger partial charge in [0, 0.05) is 18.0 Å². The summed E-state index contributed by atoms with van der Waals surface area (Å²) in [6, 6.07) is 2.20. The Morgan fingerprint density at radius 3 is 2.85 bits per heavy atom. The number of nitrogens with one attached hydrogen (secondary N) is 1. The lowest BCUT2D eigenvalue weighted by molar-refractivity contribution is 0.0769. The first-order valence-corrected chi connectivity index (χ1v) is 5.19.